The van der Waals surface area contributed by atoms with E-state index in [1.54, 1.807) is 0 Å². The van der Waals surface area contributed by atoms with Crippen LogP contribution in [0.2, 0.25) is 0 Å². The van der Waals surface area contributed by atoms with E-state index in [1.807, 2.05) is 30.3 Å². The van der Waals surface area contributed by atoms with Gasteiger partial charge in [0.2, 0.25) is 0 Å². The largest absolute Gasteiger partial charge is 0.387 e. The van der Waals surface area contributed by atoms with Gasteiger partial charge in [-0.25, -0.2) is 0 Å². The molecule has 1 heterocycles. The Kier molecular flexibility index (Phi) is 5.62. The highest BCUT2D eigenvalue weighted by atomic mass is 16.3. The van der Waals surface area contributed by atoms with Gasteiger partial charge in [0, 0.05) is 6.04 Å². The molecule has 2 nitrogen and oxygen atoms in total. The minimum atomic E-state index is -0.383. The lowest BCUT2D eigenvalue weighted by Gasteiger charge is -2.31. The van der Waals surface area contributed by atoms with Crippen LogP contribution in [0.4, 0.5) is 0 Å². The van der Waals surface area contributed by atoms with Crippen LogP contribution in [0.15, 0.2) is 30.3 Å². The maximum Gasteiger partial charge on any atom is 0.0942 e. The summed E-state index contributed by atoms with van der Waals surface area (Å²) >= 11 is 0. The zero-order chi connectivity index (χ0) is 14.5. The molecular formula is C18H29NO. The molecule has 2 heteroatoms. The second kappa shape index (κ2) is 7.24. The number of benzene rings is 1. The molecule has 2 rings (SSSR count). The van der Waals surface area contributed by atoms with Gasteiger partial charge >= 0.3 is 0 Å². The Morgan fingerprint density at radius 3 is 2.40 bits per heavy atom. The Morgan fingerprint density at radius 2 is 1.75 bits per heavy atom. The minimum Gasteiger partial charge on any atom is -0.387 e. The highest BCUT2D eigenvalue weighted by molar-refractivity contribution is 5.18. The molecule has 3 unspecified atom stereocenters. The Morgan fingerprint density at radius 1 is 1.05 bits per heavy atom. The fourth-order valence-corrected chi connectivity index (χ4v) is 3.35. The van der Waals surface area contributed by atoms with Crippen molar-refractivity contribution in [3.8, 4) is 0 Å². The average molecular weight is 275 g/mol. The summed E-state index contributed by atoms with van der Waals surface area (Å²) in [6.45, 7) is 9.07. The van der Waals surface area contributed by atoms with Gasteiger partial charge in [-0.05, 0) is 56.7 Å². The molecule has 1 aromatic rings. The number of rotatable bonds is 4. The molecule has 112 valence electrons. The first-order valence-corrected chi connectivity index (χ1v) is 8.06. The third-order valence-electron chi connectivity index (χ3n) is 4.92. The van der Waals surface area contributed by atoms with Gasteiger partial charge in [-0.1, -0.05) is 44.2 Å². The van der Waals surface area contributed by atoms with Gasteiger partial charge in [0.15, 0.2) is 0 Å². The fraction of sp³-hybridized carbons (Fsp3) is 0.667. The molecule has 1 aliphatic heterocycles. The van der Waals surface area contributed by atoms with Gasteiger partial charge in [-0.2, -0.15) is 0 Å². The molecule has 20 heavy (non-hydrogen) atoms. The lowest BCUT2D eigenvalue weighted by Crippen LogP contribution is -2.38. The van der Waals surface area contributed by atoms with Gasteiger partial charge in [-0.3, -0.25) is 4.90 Å². The highest BCUT2D eigenvalue weighted by Crippen LogP contribution is 2.28. The quantitative estimate of drug-likeness (QED) is 0.901. The molecule has 0 saturated carbocycles. The van der Waals surface area contributed by atoms with E-state index in [1.165, 1.54) is 19.3 Å². The summed E-state index contributed by atoms with van der Waals surface area (Å²) in [4.78, 5) is 2.47. The van der Waals surface area contributed by atoms with Gasteiger partial charge in [0.25, 0.3) is 0 Å². The zero-order valence-corrected chi connectivity index (χ0v) is 13.1. The Labute approximate surface area is 123 Å². The van der Waals surface area contributed by atoms with Crippen molar-refractivity contribution in [2.75, 3.05) is 13.1 Å². The van der Waals surface area contributed by atoms with Crippen molar-refractivity contribution < 1.29 is 5.11 Å². The highest BCUT2D eigenvalue weighted by Gasteiger charge is 2.26. The van der Waals surface area contributed by atoms with Crippen LogP contribution in [0.1, 0.15) is 51.7 Å². The van der Waals surface area contributed by atoms with Crippen molar-refractivity contribution in [1.29, 1.82) is 0 Å². The van der Waals surface area contributed by atoms with E-state index in [0.717, 1.165) is 30.5 Å². The van der Waals surface area contributed by atoms with Crippen molar-refractivity contribution in [3.05, 3.63) is 35.9 Å². The van der Waals surface area contributed by atoms with Crippen molar-refractivity contribution in [1.82, 2.24) is 4.90 Å². The predicted octanol–water partition coefficient (Wildman–Crippen LogP) is 3.87. The van der Waals surface area contributed by atoms with Crippen LogP contribution in [0.25, 0.3) is 0 Å². The van der Waals surface area contributed by atoms with E-state index < -0.39 is 0 Å². The van der Waals surface area contributed by atoms with E-state index in [0.29, 0.717) is 0 Å². The summed E-state index contributed by atoms with van der Waals surface area (Å²) in [5.74, 6) is 1.63. The number of hydrogen-bond acceptors (Lipinski definition) is 2. The van der Waals surface area contributed by atoms with Gasteiger partial charge in [0.1, 0.15) is 0 Å². The van der Waals surface area contributed by atoms with Crippen LogP contribution in [0, 0.1) is 11.8 Å². The average Bonchev–Trinajstić information content (AvgIpc) is 2.72. The maximum atomic E-state index is 10.6. The van der Waals surface area contributed by atoms with Crippen LogP contribution in [0.3, 0.4) is 0 Å². The van der Waals surface area contributed by atoms with Crippen molar-refractivity contribution in [2.24, 2.45) is 11.8 Å². The van der Waals surface area contributed by atoms with E-state index >= 15 is 0 Å². The molecule has 1 N–H and O–H groups in total. The van der Waals surface area contributed by atoms with E-state index in [-0.39, 0.29) is 12.1 Å². The number of nitrogens with zero attached hydrogens (tertiary/aromatic N) is 1. The lowest BCUT2D eigenvalue weighted by molar-refractivity contribution is 0.0588. The molecule has 1 saturated heterocycles. The minimum absolute atomic E-state index is 0.198. The molecule has 3 atom stereocenters. The number of hydrogen-bond donors (Lipinski definition) is 1. The molecule has 0 aromatic heterocycles. The summed E-state index contributed by atoms with van der Waals surface area (Å²) in [7, 11) is 0. The smallest absolute Gasteiger partial charge is 0.0942 e. The second-order valence-corrected chi connectivity index (χ2v) is 6.57. The molecule has 0 radical (unpaired) electrons. The summed E-state index contributed by atoms with van der Waals surface area (Å²) in [6.07, 6.45) is 3.48. The van der Waals surface area contributed by atoms with Crippen LogP contribution in [0.5, 0.6) is 0 Å². The van der Waals surface area contributed by atoms with Gasteiger partial charge in [0.05, 0.1) is 6.10 Å². The van der Waals surface area contributed by atoms with E-state index in [9.17, 15) is 5.11 Å². The maximum absolute atomic E-state index is 10.6. The fourth-order valence-electron chi connectivity index (χ4n) is 3.35. The molecule has 0 bridgehead atoms. The first kappa shape index (κ1) is 15.5. The third kappa shape index (κ3) is 3.83. The molecule has 1 aliphatic rings. The Bertz CT molecular complexity index is 390. The standard InChI is InChI=1S/C18H29NO/c1-14(2)16-10-7-12-19(13-11-16)15(3)18(20)17-8-5-4-6-9-17/h4-6,8-9,14-16,18,20H,7,10-13H2,1-3H3. The monoisotopic (exact) mass is 275 g/mol. The molecule has 1 aromatic carbocycles. The van der Waals surface area contributed by atoms with Crippen LogP contribution < -0.4 is 0 Å². The van der Waals surface area contributed by atoms with Gasteiger partial charge in [-0.15, -0.1) is 0 Å². The number of likely N-dealkylation sites (tertiary alicyclic amines) is 1. The summed E-state index contributed by atoms with van der Waals surface area (Å²) in [5.41, 5.74) is 1.03. The molecular weight excluding hydrogens is 246 g/mol. The van der Waals surface area contributed by atoms with Crippen molar-refractivity contribution >= 4 is 0 Å². The number of aliphatic hydroxyl groups is 1. The zero-order valence-electron chi connectivity index (χ0n) is 13.1. The van der Waals surface area contributed by atoms with E-state index in [2.05, 4.69) is 25.7 Å². The third-order valence-corrected chi connectivity index (χ3v) is 4.92. The van der Waals surface area contributed by atoms with E-state index in [4.69, 9.17) is 0 Å². The molecule has 1 fully saturated rings. The Hall–Kier alpha value is -0.860. The summed E-state index contributed by atoms with van der Waals surface area (Å²) in [5, 5.41) is 10.6. The van der Waals surface area contributed by atoms with Crippen molar-refractivity contribution in [2.45, 2.75) is 52.2 Å². The van der Waals surface area contributed by atoms with Crippen molar-refractivity contribution in [3.63, 3.8) is 0 Å². The lowest BCUT2D eigenvalue weighted by atomic mass is 9.89. The molecule has 0 amide bonds. The van der Waals surface area contributed by atoms with Crippen LogP contribution >= 0.6 is 0 Å². The van der Waals surface area contributed by atoms with Gasteiger partial charge < -0.3 is 5.11 Å². The topological polar surface area (TPSA) is 23.5 Å². The molecule has 0 spiro atoms. The summed E-state index contributed by atoms with van der Waals surface area (Å²) < 4.78 is 0. The Balaban J connectivity index is 1.97. The SMILES string of the molecule is CC(C)C1CCCN(C(C)C(O)c2ccccc2)CC1. The first-order valence-electron chi connectivity index (χ1n) is 8.06. The predicted molar refractivity (Wildman–Crippen MR) is 84.6 cm³/mol. The van der Waals surface area contributed by atoms with Crippen LogP contribution in [-0.2, 0) is 0 Å². The normalized spacial score (nSPS) is 24.4. The summed E-state index contributed by atoms with van der Waals surface area (Å²) in [6, 6.07) is 10.2. The number of aliphatic hydroxyl groups excluding tert-OH is 1. The molecule has 0 aliphatic carbocycles. The first-order chi connectivity index (χ1) is 9.59. The van der Waals surface area contributed by atoms with Crippen LogP contribution in [-0.4, -0.2) is 29.1 Å². The second-order valence-electron chi connectivity index (χ2n) is 6.57.